The molecule has 0 bridgehead atoms. The molecule has 1 N–H and O–H groups in total. The molecule has 238 valence electrons. The van der Waals surface area contributed by atoms with Crippen LogP contribution in [0.1, 0.15) is 37.5 Å². The Hall–Kier alpha value is -4.28. The molecule has 0 spiro atoms. The van der Waals surface area contributed by atoms with Gasteiger partial charge in [-0.1, -0.05) is 12.1 Å². The molecule has 2 aromatic carbocycles. The largest absolute Gasteiger partial charge is 0.435 e. The maximum Gasteiger partial charge on any atom is 0.435 e. The minimum absolute atomic E-state index is 0.0541. The lowest BCUT2D eigenvalue weighted by atomic mass is 9.92. The normalized spacial score (nSPS) is 12.3. The van der Waals surface area contributed by atoms with E-state index in [1.807, 2.05) is 0 Å². The number of halogens is 12. The van der Waals surface area contributed by atoms with Gasteiger partial charge in [-0.15, -0.1) is 6.58 Å². The van der Waals surface area contributed by atoms with E-state index in [9.17, 15) is 53.5 Å². The number of aromatic nitrogens is 1. The Morgan fingerprint density at radius 2 is 1.62 bits per heavy atom. The third-order valence-corrected chi connectivity index (χ3v) is 6.86. The number of amides is 2. The minimum Gasteiger partial charge on any atom is -0.320 e. The molecule has 0 unspecified atom stereocenters. The van der Waals surface area contributed by atoms with Gasteiger partial charge in [-0.3, -0.25) is 9.59 Å². The number of hydrogen-bond donors (Lipinski definition) is 1. The Morgan fingerprint density at radius 1 is 1.00 bits per heavy atom. The van der Waals surface area contributed by atoms with Gasteiger partial charge in [0.1, 0.15) is 11.8 Å². The van der Waals surface area contributed by atoms with Crippen molar-refractivity contribution in [2.24, 2.45) is 0 Å². The summed E-state index contributed by atoms with van der Waals surface area (Å²) in [6, 6.07) is 5.96. The third kappa shape index (κ3) is 6.87. The monoisotopic (exact) mass is 762 g/mol. The molecule has 3 rings (SSSR count). The van der Waals surface area contributed by atoms with Gasteiger partial charge in [0.05, 0.1) is 28.1 Å². The third-order valence-electron chi connectivity index (χ3n) is 6.01. The lowest BCUT2D eigenvalue weighted by Crippen LogP contribution is -2.50. The van der Waals surface area contributed by atoms with Crippen LogP contribution >= 0.6 is 22.6 Å². The van der Waals surface area contributed by atoms with Crippen molar-refractivity contribution in [3.63, 3.8) is 0 Å². The SMILES string of the molecule is C=CCN(C(=O)c1ccc(C#N)nc1)c1cccc(C(=O)Nc2c(I)cc(C(F)(C(F)(F)F)C(F)(F)F)cc2C(F)(F)F)c1F. The first-order chi connectivity index (χ1) is 20.7. The summed E-state index contributed by atoms with van der Waals surface area (Å²) in [4.78, 5) is 30.6. The van der Waals surface area contributed by atoms with E-state index in [1.54, 1.807) is 11.4 Å². The van der Waals surface area contributed by atoms with E-state index in [4.69, 9.17) is 5.26 Å². The van der Waals surface area contributed by atoms with Gasteiger partial charge in [0, 0.05) is 21.9 Å². The summed E-state index contributed by atoms with van der Waals surface area (Å²) in [5, 5.41) is 10.5. The lowest BCUT2D eigenvalue weighted by molar-refractivity contribution is -0.348. The number of pyridine rings is 1. The van der Waals surface area contributed by atoms with E-state index in [2.05, 4.69) is 11.6 Å². The number of carbonyl (C=O) groups excluding carboxylic acids is 2. The first kappa shape index (κ1) is 35.2. The smallest absolute Gasteiger partial charge is 0.320 e. The fraction of sp³-hybridized carbons (Fsp3) is 0.185. The number of rotatable bonds is 7. The van der Waals surface area contributed by atoms with E-state index in [1.165, 1.54) is 12.1 Å². The van der Waals surface area contributed by atoms with Crippen LogP contribution in [0.25, 0.3) is 0 Å². The summed E-state index contributed by atoms with van der Waals surface area (Å²) >= 11 is 0.858. The second kappa shape index (κ2) is 12.6. The molecule has 45 heavy (non-hydrogen) atoms. The van der Waals surface area contributed by atoms with Crippen LogP contribution < -0.4 is 10.2 Å². The molecule has 0 aliphatic heterocycles. The molecule has 1 heterocycles. The van der Waals surface area contributed by atoms with E-state index in [0.29, 0.717) is 0 Å². The van der Waals surface area contributed by atoms with Crippen molar-refractivity contribution in [3.05, 3.63) is 98.7 Å². The topological polar surface area (TPSA) is 86.1 Å². The predicted molar refractivity (Wildman–Crippen MR) is 144 cm³/mol. The first-order valence-corrected chi connectivity index (χ1v) is 12.9. The second-order valence-corrected chi connectivity index (χ2v) is 10.0. The molecule has 2 amide bonds. The number of benzene rings is 2. The van der Waals surface area contributed by atoms with Crippen LogP contribution in [0.2, 0.25) is 0 Å². The van der Waals surface area contributed by atoms with E-state index in [-0.39, 0.29) is 23.9 Å². The number of carbonyl (C=O) groups is 2. The highest BCUT2D eigenvalue weighted by molar-refractivity contribution is 14.1. The van der Waals surface area contributed by atoms with Crippen LogP contribution in [-0.2, 0) is 11.8 Å². The number of anilines is 2. The zero-order valence-corrected chi connectivity index (χ0v) is 24.0. The van der Waals surface area contributed by atoms with Gasteiger partial charge in [-0.25, -0.2) is 13.8 Å². The zero-order valence-electron chi connectivity index (χ0n) is 21.8. The number of hydrogen-bond acceptors (Lipinski definition) is 4. The fourth-order valence-electron chi connectivity index (χ4n) is 3.89. The number of nitriles is 1. The molecule has 0 saturated carbocycles. The molecule has 3 aromatic rings. The Morgan fingerprint density at radius 3 is 2.11 bits per heavy atom. The predicted octanol–water partition coefficient (Wildman–Crippen LogP) is 8.09. The molecule has 0 radical (unpaired) electrons. The van der Waals surface area contributed by atoms with Crippen molar-refractivity contribution in [1.29, 1.82) is 5.26 Å². The van der Waals surface area contributed by atoms with E-state index < -0.39 is 79.5 Å². The zero-order chi connectivity index (χ0) is 34.1. The Kier molecular flexibility index (Phi) is 9.86. The number of nitrogens with one attached hydrogen (secondary N) is 1. The highest BCUT2D eigenvalue weighted by Crippen LogP contribution is 2.54. The fourth-order valence-corrected chi connectivity index (χ4v) is 4.65. The Balaban J connectivity index is 2.11. The van der Waals surface area contributed by atoms with Gasteiger partial charge in [0.15, 0.2) is 5.82 Å². The highest BCUT2D eigenvalue weighted by atomic mass is 127. The first-order valence-electron chi connectivity index (χ1n) is 11.8. The summed E-state index contributed by atoms with van der Waals surface area (Å²) in [5.74, 6) is -4.03. The summed E-state index contributed by atoms with van der Waals surface area (Å²) in [6.07, 6.45) is -17.0. The average Bonchev–Trinajstić information content (AvgIpc) is 2.94. The van der Waals surface area contributed by atoms with Crippen molar-refractivity contribution in [3.8, 4) is 6.07 Å². The number of alkyl halides is 10. The van der Waals surface area contributed by atoms with Crippen LogP contribution in [-0.4, -0.2) is 35.7 Å². The van der Waals surface area contributed by atoms with Gasteiger partial charge >= 0.3 is 24.2 Å². The summed E-state index contributed by atoms with van der Waals surface area (Å²) in [7, 11) is 0. The molecule has 18 heteroatoms. The molecule has 6 nitrogen and oxygen atoms in total. The summed E-state index contributed by atoms with van der Waals surface area (Å²) < 4.78 is 150. The van der Waals surface area contributed by atoms with Gasteiger partial charge in [0.2, 0.25) is 0 Å². The average molecular weight is 762 g/mol. The maximum atomic E-state index is 15.6. The molecule has 1 aromatic heterocycles. The van der Waals surface area contributed by atoms with Crippen molar-refractivity contribution >= 4 is 45.8 Å². The standard InChI is InChI=1S/C27H14F11IN4O2/c1-2-8-43(23(45)13-6-7-15(11-40)41-12-13)19-5-3-4-16(20(19)28)22(44)42-21-17(25(30,31)32)9-14(10-18(21)39)24(29,26(33,34)35)27(36,37)38/h2-7,9-10,12H,1,8H2,(H,42,44). The van der Waals surface area contributed by atoms with Gasteiger partial charge in [0.25, 0.3) is 11.8 Å². The van der Waals surface area contributed by atoms with E-state index >= 15 is 4.39 Å². The summed E-state index contributed by atoms with van der Waals surface area (Å²) in [5.41, 5.74) is -14.1. The molecule has 0 fully saturated rings. The summed E-state index contributed by atoms with van der Waals surface area (Å²) in [6.45, 7) is 3.07. The van der Waals surface area contributed by atoms with Crippen molar-refractivity contribution in [2.45, 2.75) is 24.2 Å². The van der Waals surface area contributed by atoms with Crippen molar-refractivity contribution in [2.75, 3.05) is 16.8 Å². The second-order valence-electron chi connectivity index (χ2n) is 8.87. The molecule has 0 saturated heterocycles. The Bertz CT molecular complexity index is 1660. The van der Waals surface area contributed by atoms with Crippen molar-refractivity contribution in [1.82, 2.24) is 4.98 Å². The molecule has 0 aliphatic carbocycles. The number of nitrogens with zero attached hydrogens (tertiary/aromatic N) is 3. The maximum absolute atomic E-state index is 15.6. The van der Waals surface area contributed by atoms with Gasteiger partial charge in [-0.05, 0) is 59.0 Å². The van der Waals surface area contributed by atoms with Crippen molar-refractivity contribution < 1.29 is 57.9 Å². The quantitative estimate of drug-likeness (QED) is 0.150. The van der Waals surface area contributed by atoms with Crippen LogP contribution in [0.3, 0.4) is 0 Å². The van der Waals surface area contributed by atoms with Crippen LogP contribution in [0, 0.1) is 20.7 Å². The van der Waals surface area contributed by atoms with Gasteiger partial charge in [-0.2, -0.15) is 44.8 Å². The highest BCUT2D eigenvalue weighted by Gasteiger charge is 2.73. The van der Waals surface area contributed by atoms with E-state index in [0.717, 1.165) is 58.0 Å². The minimum atomic E-state index is -6.73. The lowest BCUT2D eigenvalue weighted by Gasteiger charge is -2.31. The molecule has 0 atom stereocenters. The van der Waals surface area contributed by atoms with Crippen LogP contribution in [0.15, 0.2) is 61.3 Å². The van der Waals surface area contributed by atoms with Gasteiger partial charge < -0.3 is 10.2 Å². The van der Waals surface area contributed by atoms with Crippen LogP contribution in [0.5, 0.6) is 0 Å². The molecular formula is C27H14F11IN4O2. The van der Waals surface area contributed by atoms with Crippen LogP contribution in [0.4, 0.5) is 59.7 Å². The molecule has 0 aliphatic rings. The Labute approximate surface area is 259 Å². The molecular weight excluding hydrogens is 748 g/mol.